The lowest BCUT2D eigenvalue weighted by molar-refractivity contribution is -0.104. The summed E-state index contributed by atoms with van der Waals surface area (Å²) in [5.74, 6) is -3.19. The highest BCUT2D eigenvalue weighted by Gasteiger charge is 2.47. The third-order valence-electron chi connectivity index (χ3n) is 2.35. The number of amides is 1. The molecule has 3 nitrogen and oxygen atoms in total. The van der Waals surface area contributed by atoms with Crippen LogP contribution >= 0.6 is 27.5 Å². The molecule has 0 radical (unpaired) electrons. The van der Waals surface area contributed by atoms with Crippen LogP contribution < -0.4 is 5.32 Å². The number of benzene rings is 1. The Kier molecular flexibility index (Phi) is 3.27. The number of hydrogen-bond donors (Lipinski definition) is 1. The maximum atomic E-state index is 13.6. The first kappa shape index (κ1) is 12.6. The lowest BCUT2D eigenvalue weighted by atomic mass is 10.0. The summed E-state index contributed by atoms with van der Waals surface area (Å²) in [5.41, 5.74) is 0.163. The van der Waals surface area contributed by atoms with Gasteiger partial charge in [0.05, 0.1) is 0 Å². The number of ether oxygens (including phenoxy) is 1. The monoisotopic (exact) mass is 325 g/mol. The van der Waals surface area contributed by atoms with Gasteiger partial charge in [-0.1, -0.05) is 33.6 Å². The Labute approximate surface area is 109 Å². The van der Waals surface area contributed by atoms with Crippen LogP contribution in [0.2, 0.25) is 5.02 Å². The van der Waals surface area contributed by atoms with E-state index in [1.54, 1.807) is 6.07 Å². The Morgan fingerprint density at radius 2 is 2.24 bits per heavy atom. The van der Waals surface area contributed by atoms with Crippen LogP contribution in [0.4, 0.5) is 13.6 Å². The molecular formula is C10H7BrClF2NO2. The van der Waals surface area contributed by atoms with Gasteiger partial charge in [0.1, 0.15) is 6.04 Å². The lowest BCUT2D eigenvalue weighted by Gasteiger charge is -2.32. The zero-order valence-corrected chi connectivity index (χ0v) is 10.7. The van der Waals surface area contributed by atoms with E-state index < -0.39 is 24.7 Å². The molecule has 17 heavy (non-hydrogen) atoms. The topological polar surface area (TPSA) is 38.3 Å². The van der Waals surface area contributed by atoms with Crippen LogP contribution in [0.15, 0.2) is 22.7 Å². The Morgan fingerprint density at radius 3 is 2.88 bits per heavy atom. The Hall–Kier alpha value is -0.880. The highest BCUT2D eigenvalue weighted by molar-refractivity contribution is 9.10. The summed E-state index contributed by atoms with van der Waals surface area (Å²) < 4.78 is 32.1. The van der Waals surface area contributed by atoms with Crippen LogP contribution in [-0.4, -0.2) is 18.6 Å². The van der Waals surface area contributed by atoms with Gasteiger partial charge < -0.3 is 10.1 Å². The molecule has 0 saturated carbocycles. The second kappa shape index (κ2) is 4.42. The Morgan fingerprint density at radius 1 is 1.53 bits per heavy atom. The first-order valence-electron chi connectivity index (χ1n) is 4.66. The van der Waals surface area contributed by atoms with E-state index in [1.807, 2.05) is 0 Å². The summed E-state index contributed by atoms with van der Waals surface area (Å²) in [6.07, 6.45) is -0.875. The summed E-state index contributed by atoms with van der Waals surface area (Å²) in [7, 11) is 0. The van der Waals surface area contributed by atoms with Crippen molar-refractivity contribution in [3.05, 3.63) is 33.3 Å². The SMILES string of the molecule is O=C1N[C@@H](c2ccc(Br)cc2Cl)C(F)(F)CO1. The largest absolute Gasteiger partial charge is 0.443 e. The Bertz CT molecular complexity index is 470. The number of halogens is 4. The fourth-order valence-electron chi connectivity index (χ4n) is 1.55. The van der Waals surface area contributed by atoms with Gasteiger partial charge in [-0.05, 0) is 17.7 Å². The average molecular weight is 327 g/mol. The van der Waals surface area contributed by atoms with Crippen molar-refractivity contribution in [2.75, 3.05) is 6.61 Å². The molecule has 1 saturated heterocycles. The predicted molar refractivity (Wildman–Crippen MR) is 61.3 cm³/mol. The fraction of sp³-hybridized carbons (Fsp3) is 0.300. The molecule has 1 aromatic rings. The van der Waals surface area contributed by atoms with E-state index in [0.717, 1.165) is 0 Å². The van der Waals surface area contributed by atoms with Crippen molar-refractivity contribution in [1.29, 1.82) is 0 Å². The molecule has 0 unspecified atom stereocenters. The van der Waals surface area contributed by atoms with Gasteiger partial charge in [0.25, 0.3) is 0 Å². The molecule has 1 fully saturated rings. The van der Waals surface area contributed by atoms with Crippen molar-refractivity contribution in [1.82, 2.24) is 5.32 Å². The van der Waals surface area contributed by atoms with Gasteiger partial charge in [0.2, 0.25) is 0 Å². The molecule has 0 aromatic heterocycles. The molecule has 0 bridgehead atoms. The van der Waals surface area contributed by atoms with Crippen molar-refractivity contribution in [2.24, 2.45) is 0 Å². The van der Waals surface area contributed by atoms with E-state index in [0.29, 0.717) is 4.47 Å². The minimum Gasteiger partial charge on any atom is -0.443 e. The first-order valence-corrected chi connectivity index (χ1v) is 5.83. The first-order chi connectivity index (χ1) is 7.90. The average Bonchev–Trinajstić information content (AvgIpc) is 2.23. The maximum absolute atomic E-state index is 13.6. The summed E-state index contributed by atoms with van der Waals surface area (Å²) in [6, 6.07) is 3.05. The summed E-state index contributed by atoms with van der Waals surface area (Å²) >= 11 is 9.06. The molecule has 1 heterocycles. The van der Waals surface area contributed by atoms with Crippen molar-refractivity contribution in [3.8, 4) is 0 Å². The molecule has 1 atom stereocenters. The molecule has 1 aliphatic rings. The van der Waals surface area contributed by atoms with E-state index in [4.69, 9.17) is 11.6 Å². The van der Waals surface area contributed by atoms with Crippen LogP contribution in [0.3, 0.4) is 0 Å². The van der Waals surface area contributed by atoms with Crippen molar-refractivity contribution < 1.29 is 18.3 Å². The third kappa shape index (κ3) is 2.52. The highest BCUT2D eigenvalue weighted by Crippen LogP contribution is 2.38. The second-order valence-corrected chi connectivity index (χ2v) is 4.90. The minimum atomic E-state index is -3.19. The molecule has 1 amide bonds. The number of alkyl carbamates (subject to hydrolysis) is 1. The second-order valence-electron chi connectivity index (χ2n) is 3.58. The number of nitrogens with one attached hydrogen (secondary N) is 1. The number of carbonyl (C=O) groups excluding carboxylic acids is 1. The number of rotatable bonds is 1. The summed E-state index contributed by atoms with van der Waals surface area (Å²) in [4.78, 5) is 11.0. The van der Waals surface area contributed by atoms with Gasteiger partial charge in [-0.25, -0.2) is 13.6 Å². The quantitative estimate of drug-likeness (QED) is 0.857. The molecular weight excluding hydrogens is 319 g/mol. The maximum Gasteiger partial charge on any atom is 0.408 e. The number of carbonyl (C=O) groups is 1. The molecule has 0 spiro atoms. The molecule has 0 aliphatic carbocycles. The van der Waals surface area contributed by atoms with E-state index >= 15 is 0 Å². The summed E-state index contributed by atoms with van der Waals surface area (Å²) in [5, 5.41) is 2.23. The van der Waals surface area contributed by atoms with E-state index in [1.165, 1.54) is 12.1 Å². The molecule has 1 aliphatic heterocycles. The zero-order chi connectivity index (χ0) is 12.6. The predicted octanol–water partition coefficient (Wildman–Crippen LogP) is 3.52. The van der Waals surface area contributed by atoms with Crippen LogP contribution in [0, 0.1) is 0 Å². The van der Waals surface area contributed by atoms with Crippen molar-refractivity contribution in [2.45, 2.75) is 12.0 Å². The molecule has 2 rings (SSSR count). The smallest absolute Gasteiger partial charge is 0.408 e. The third-order valence-corrected chi connectivity index (χ3v) is 3.17. The van der Waals surface area contributed by atoms with Gasteiger partial charge in [-0.15, -0.1) is 0 Å². The van der Waals surface area contributed by atoms with E-state index in [9.17, 15) is 13.6 Å². The van der Waals surface area contributed by atoms with Crippen LogP contribution in [0.25, 0.3) is 0 Å². The van der Waals surface area contributed by atoms with Gasteiger partial charge in [0, 0.05) is 9.50 Å². The van der Waals surface area contributed by atoms with Crippen molar-refractivity contribution in [3.63, 3.8) is 0 Å². The lowest BCUT2D eigenvalue weighted by Crippen LogP contribution is -2.49. The number of hydrogen-bond acceptors (Lipinski definition) is 2. The Balaban J connectivity index is 2.39. The molecule has 7 heteroatoms. The van der Waals surface area contributed by atoms with Crippen LogP contribution in [0.5, 0.6) is 0 Å². The normalized spacial score (nSPS) is 22.8. The van der Waals surface area contributed by atoms with Gasteiger partial charge in [-0.2, -0.15) is 0 Å². The molecule has 1 aromatic carbocycles. The highest BCUT2D eigenvalue weighted by atomic mass is 79.9. The van der Waals surface area contributed by atoms with E-state index in [2.05, 4.69) is 26.0 Å². The number of alkyl halides is 2. The van der Waals surface area contributed by atoms with E-state index in [-0.39, 0.29) is 10.6 Å². The fourth-order valence-corrected chi connectivity index (χ4v) is 2.33. The van der Waals surface area contributed by atoms with Crippen LogP contribution in [0.1, 0.15) is 11.6 Å². The van der Waals surface area contributed by atoms with Crippen molar-refractivity contribution >= 4 is 33.6 Å². The standard InChI is InChI=1S/C10H7BrClF2NO2/c11-5-1-2-6(7(12)3-5)8-10(13,14)4-17-9(16)15-8/h1-3,8H,4H2,(H,15,16)/t8-/m0/s1. The number of cyclic esters (lactones) is 1. The van der Waals surface area contributed by atoms with Gasteiger partial charge in [-0.3, -0.25) is 0 Å². The van der Waals surface area contributed by atoms with Gasteiger partial charge in [0.15, 0.2) is 6.61 Å². The zero-order valence-electron chi connectivity index (χ0n) is 8.34. The van der Waals surface area contributed by atoms with Gasteiger partial charge >= 0.3 is 12.0 Å². The summed E-state index contributed by atoms with van der Waals surface area (Å²) in [6.45, 7) is -0.949. The minimum absolute atomic E-state index is 0.159. The van der Waals surface area contributed by atoms with Crippen LogP contribution in [-0.2, 0) is 4.74 Å². The molecule has 1 N–H and O–H groups in total. The molecule has 92 valence electrons.